The first kappa shape index (κ1) is 12.3. The molecule has 0 aliphatic heterocycles. The number of rotatable bonds is 2. The van der Waals surface area contributed by atoms with Crippen molar-refractivity contribution in [3.8, 4) is 0 Å². The van der Waals surface area contributed by atoms with Crippen LogP contribution in [0.15, 0.2) is 0 Å². The quantitative estimate of drug-likeness (QED) is 0.821. The second-order valence-electron chi connectivity index (χ2n) is 3.45. The molecule has 1 aromatic heterocycles. The molecular formula is C8H10F3N3O2. The molecule has 3 N–H and O–H groups in total. The lowest BCUT2D eigenvalue weighted by atomic mass is 10.2. The maximum atomic E-state index is 12.5. The predicted octanol–water partition coefficient (Wildman–Crippen LogP) is 1.76. The second kappa shape index (κ2) is 3.69. The molecule has 1 rings (SSSR count). The molecular weight excluding hydrogens is 227 g/mol. The minimum Gasteiger partial charge on any atom is -0.477 e. The fourth-order valence-electron chi connectivity index (χ4n) is 1.25. The van der Waals surface area contributed by atoms with Crippen LogP contribution in [0.25, 0.3) is 0 Å². The van der Waals surface area contributed by atoms with Gasteiger partial charge in [0.25, 0.3) is 0 Å². The lowest BCUT2D eigenvalue weighted by molar-refractivity contribution is -0.142. The zero-order valence-electron chi connectivity index (χ0n) is 8.54. The molecule has 0 saturated heterocycles. The van der Waals surface area contributed by atoms with Crippen LogP contribution in [0.1, 0.15) is 35.9 Å². The van der Waals surface area contributed by atoms with E-state index < -0.39 is 35.3 Å². The molecule has 0 atom stereocenters. The summed E-state index contributed by atoms with van der Waals surface area (Å²) in [6.45, 7) is 3.10. The Hall–Kier alpha value is -1.73. The number of hydrogen-bond acceptors (Lipinski definition) is 3. The van der Waals surface area contributed by atoms with E-state index in [9.17, 15) is 18.0 Å². The summed E-state index contributed by atoms with van der Waals surface area (Å²) in [5, 5.41) is 11.9. The van der Waals surface area contributed by atoms with Crippen molar-refractivity contribution in [1.29, 1.82) is 0 Å². The summed E-state index contributed by atoms with van der Waals surface area (Å²) in [4.78, 5) is 10.7. The molecule has 0 unspecified atom stereocenters. The Bertz CT molecular complexity index is 423. The van der Waals surface area contributed by atoms with Crippen molar-refractivity contribution in [3.05, 3.63) is 11.3 Å². The van der Waals surface area contributed by atoms with Crippen molar-refractivity contribution in [2.24, 2.45) is 0 Å². The van der Waals surface area contributed by atoms with Gasteiger partial charge in [-0.1, -0.05) is 0 Å². The van der Waals surface area contributed by atoms with E-state index in [0.29, 0.717) is 0 Å². The van der Waals surface area contributed by atoms with Gasteiger partial charge in [0.05, 0.1) is 0 Å². The molecule has 0 spiro atoms. The van der Waals surface area contributed by atoms with Crippen molar-refractivity contribution in [2.75, 3.05) is 5.73 Å². The SMILES string of the molecule is CC(C)n1nc(C(F)(F)F)c(C(=O)O)c1N. The fraction of sp³-hybridized carbons (Fsp3) is 0.500. The first-order valence-electron chi connectivity index (χ1n) is 4.34. The largest absolute Gasteiger partial charge is 0.477 e. The number of alkyl halides is 3. The molecule has 0 aromatic carbocycles. The molecule has 8 heteroatoms. The predicted molar refractivity (Wildman–Crippen MR) is 49.0 cm³/mol. The van der Waals surface area contributed by atoms with Crippen LogP contribution in [-0.2, 0) is 6.18 Å². The average Bonchev–Trinajstić information content (AvgIpc) is 2.41. The normalized spacial score (nSPS) is 12.1. The lowest BCUT2D eigenvalue weighted by Crippen LogP contribution is -2.12. The monoisotopic (exact) mass is 237 g/mol. The summed E-state index contributed by atoms with van der Waals surface area (Å²) in [6.07, 6.45) is -4.83. The van der Waals surface area contributed by atoms with E-state index in [1.54, 1.807) is 13.8 Å². The van der Waals surface area contributed by atoms with Crippen molar-refractivity contribution in [1.82, 2.24) is 9.78 Å². The number of aromatic carboxylic acids is 1. The minimum atomic E-state index is -4.83. The number of carboxylic acids is 1. The van der Waals surface area contributed by atoms with Gasteiger partial charge in [0.15, 0.2) is 5.69 Å². The topological polar surface area (TPSA) is 81.1 Å². The molecule has 16 heavy (non-hydrogen) atoms. The van der Waals surface area contributed by atoms with Crippen molar-refractivity contribution >= 4 is 11.8 Å². The number of nitrogens with zero attached hydrogens (tertiary/aromatic N) is 2. The van der Waals surface area contributed by atoms with Crippen LogP contribution in [0.2, 0.25) is 0 Å². The number of nitrogens with two attached hydrogens (primary N) is 1. The van der Waals surface area contributed by atoms with Gasteiger partial charge in [-0.25, -0.2) is 9.48 Å². The molecule has 0 bridgehead atoms. The highest BCUT2D eigenvalue weighted by Crippen LogP contribution is 2.34. The summed E-state index contributed by atoms with van der Waals surface area (Å²) in [5.74, 6) is -2.23. The first-order chi connectivity index (χ1) is 7.16. The Balaban J connectivity index is 3.50. The number of carbonyl (C=O) groups is 1. The second-order valence-corrected chi connectivity index (χ2v) is 3.45. The van der Waals surface area contributed by atoms with Gasteiger partial charge < -0.3 is 10.8 Å². The first-order valence-corrected chi connectivity index (χ1v) is 4.34. The third kappa shape index (κ3) is 1.95. The van der Waals surface area contributed by atoms with E-state index in [0.717, 1.165) is 4.68 Å². The van der Waals surface area contributed by atoms with E-state index in [1.165, 1.54) is 0 Å². The Kier molecular flexibility index (Phi) is 2.85. The molecule has 0 radical (unpaired) electrons. The van der Waals surface area contributed by atoms with Gasteiger partial charge in [-0.15, -0.1) is 0 Å². The highest BCUT2D eigenvalue weighted by atomic mass is 19.4. The lowest BCUT2D eigenvalue weighted by Gasteiger charge is -2.06. The molecule has 0 fully saturated rings. The number of carboxylic acid groups (broad SMARTS) is 1. The third-order valence-electron chi connectivity index (χ3n) is 1.92. The zero-order valence-corrected chi connectivity index (χ0v) is 8.54. The van der Waals surface area contributed by atoms with E-state index in [2.05, 4.69) is 5.10 Å². The molecule has 0 aliphatic rings. The van der Waals surface area contributed by atoms with Crippen molar-refractivity contribution < 1.29 is 23.1 Å². The molecule has 0 saturated carbocycles. The maximum absolute atomic E-state index is 12.5. The van der Waals surface area contributed by atoms with Gasteiger partial charge in [0.1, 0.15) is 11.4 Å². The van der Waals surface area contributed by atoms with Gasteiger partial charge in [-0.3, -0.25) is 0 Å². The average molecular weight is 237 g/mol. The number of hydrogen-bond donors (Lipinski definition) is 2. The van der Waals surface area contributed by atoms with Gasteiger partial charge in [-0.05, 0) is 13.8 Å². The van der Waals surface area contributed by atoms with E-state index >= 15 is 0 Å². The molecule has 1 heterocycles. The number of aromatic nitrogens is 2. The number of anilines is 1. The van der Waals surface area contributed by atoms with Crippen LogP contribution in [0.4, 0.5) is 19.0 Å². The summed E-state index contributed by atoms with van der Waals surface area (Å²) in [5.41, 5.74) is 2.86. The number of halogens is 3. The van der Waals surface area contributed by atoms with Crippen LogP contribution in [-0.4, -0.2) is 20.9 Å². The standard InChI is InChI=1S/C8H10F3N3O2/c1-3(2)14-6(12)4(7(15)16)5(13-14)8(9,10)11/h3H,12H2,1-2H3,(H,15,16). The minimum absolute atomic E-state index is 0.450. The molecule has 0 aliphatic carbocycles. The Morgan fingerprint density at radius 1 is 1.50 bits per heavy atom. The summed E-state index contributed by atoms with van der Waals surface area (Å²) >= 11 is 0. The van der Waals surface area contributed by atoms with Crippen molar-refractivity contribution in [3.63, 3.8) is 0 Å². The molecule has 5 nitrogen and oxygen atoms in total. The van der Waals surface area contributed by atoms with Crippen LogP contribution < -0.4 is 5.73 Å². The fourth-order valence-corrected chi connectivity index (χ4v) is 1.25. The highest BCUT2D eigenvalue weighted by Gasteiger charge is 2.41. The van der Waals surface area contributed by atoms with Gasteiger partial charge >= 0.3 is 12.1 Å². The Labute approximate surface area is 88.7 Å². The van der Waals surface area contributed by atoms with Crippen molar-refractivity contribution in [2.45, 2.75) is 26.1 Å². The van der Waals surface area contributed by atoms with Crippen LogP contribution >= 0.6 is 0 Å². The Morgan fingerprint density at radius 2 is 2.00 bits per heavy atom. The summed E-state index contributed by atoms with van der Waals surface area (Å²) in [7, 11) is 0. The van der Waals surface area contributed by atoms with E-state index in [1.807, 2.05) is 0 Å². The Morgan fingerprint density at radius 3 is 2.25 bits per heavy atom. The van der Waals surface area contributed by atoms with Crippen LogP contribution in [0.3, 0.4) is 0 Å². The van der Waals surface area contributed by atoms with E-state index in [4.69, 9.17) is 10.8 Å². The maximum Gasteiger partial charge on any atom is 0.436 e. The van der Waals surface area contributed by atoms with Gasteiger partial charge in [0.2, 0.25) is 0 Å². The molecule has 1 aromatic rings. The molecule has 90 valence electrons. The highest BCUT2D eigenvalue weighted by molar-refractivity contribution is 5.94. The summed E-state index contributed by atoms with van der Waals surface area (Å²) < 4.78 is 38.3. The van der Waals surface area contributed by atoms with Gasteiger partial charge in [0, 0.05) is 6.04 Å². The molecule has 0 amide bonds. The third-order valence-corrected chi connectivity index (χ3v) is 1.92. The van der Waals surface area contributed by atoms with Crippen LogP contribution in [0.5, 0.6) is 0 Å². The number of nitrogen functional groups attached to an aromatic ring is 1. The van der Waals surface area contributed by atoms with Crippen LogP contribution in [0, 0.1) is 0 Å². The van der Waals surface area contributed by atoms with Gasteiger partial charge in [-0.2, -0.15) is 18.3 Å². The van der Waals surface area contributed by atoms with E-state index in [-0.39, 0.29) is 0 Å². The summed E-state index contributed by atoms with van der Waals surface area (Å²) in [6, 6.07) is -0.450. The zero-order chi connectivity index (χ0) is 12.7. The smallest absolute Gasteiger partial charge is 0.436 e.